The smallest absolute Gasteiger partial charge is 0.335 e. The number of carbonyl (C=O) groups is 1. The number of hydrogen-bond donors (Lipinski definition) is 1. The highest BCUT2D eigenvalue weighted by atomic mass is 16.4. The zero-order valence-corrected chi connectivity index (χ0v) is 9.20. The van der Waals surface area contributed by atoms with Gasteiger partial charge in [-0.25, -0.2) is 4.79 Å². The van der Waals surface area contributed by atoms with E-state index < -0.39 is 5.97 Å². The van der Waals surface area contributed by atoms with Gasteiger partial charge in [-0.05, 0) is 6.07 Å². The molecule has 2 heterocycles. The van der Waals surface area contributed by atoms with Gasteiger partial charge >= 0.3 is 5.97 Å². The van der Waals surface area contributed by atoms with E-state index in [-0.39, 0.29) is 11.1 Å². The SMILES string of the molecule is Cn1cc(Cn2ccc(C(=O)O)cc2=O)cn1. The van der Waals surface area contributed by atoms with Crippen LogP contribution in [0.1, 0.15) is 15.9 Å². The highest BCUT2D eigenvalue weighted by Gasteiger charge is 2.05. The molecule has 0 atom stereocenters. The molecule has 0 saturated heterocycles. The normalized spacial score (nSPS) is 10.4. The number of aryl methyl sites for hydroxylation is 1. The molecular weight excluding hydrogens is 222 g/mol. The molecule has 0 unspecified atom stereocenters. The molecule has 2 aromatic heterocycles. The van der Waals surface area contributed by atoms with Crippen LogP contribution in [-0.4, -0.2) is 25.4 Å². The number of rotatable bonds is 3. The summed E-state index contributed by atoms with van der Waals surface area (Å²) < 4.78 is 3.08. The number of hydrogen-bond acceptors (Lipinski definition) is 3. The summed E-state index contributed by atoms with van der Waals surface area (Å²) in [6, 6.07) is 2.51. The molecule has 0 fully saturated rings. The van der Waals surface area contributed by atoms with Crippen molar-refractivity contribution in [1.29, 1.82) is 0 Å². The first-order chi connectivity index (χ1) is 8.06. The van der Waals surface area contributed by atoms with E-state index in [4.69, 9.17) is 5.11 Å². The Morgan fingerprint density at radius 1 is 1.53 bits per heavy atom. The largest absolute Gasteiger partial charge is 0.478 e. The minimum atomic E-state index is -1.10. The number of carboxylic acid groups (broad SMARTS) is 1. The van der Waals surface area contributed by atoms with E-state index in [0.717, 1.165) is 11.6 Å². The Morgan fingerprint density at radius 2 is 2.29 bits per heavy atom. The number of carboxylic acids is 1. The second kappa shape index (κ2) is 4.25. The zero-order chi connectivity index (χ0) is 12.4. The summed E-state index contributed by atoms with van der Waals surface area (Å²) >= 11 is 0. The lowest BCUT2D eigenvalue weighted by Gasteiger charge is -2.03. The molecule has 0 saturated carbocycles. The summed E-state index contributed by atoms with van der Waals surface area (Å²) in [6.07, 6.45) is 4.94. The van der Waals surface area contributed by atoms with Crippen LogP contribution in [0.3, 0.4) is 0 Å². The summed E-state index contributed by atoms with van der Waals surface area (Å²) in [4.78, 5) is 22.3. The Labute approximate surface area is 96.7 Å². The van der Waals surface area contributed by atoms with Crippen LogP contribution < -0.4 is 5.56 Å². The van der Waals surface area contributed by atoms with Gasteiger partial charge in [0.2, 0.25) is 0 Å². The molecule has 0 aliphatic carbocycles. The molecule has 2 aromatic rings. The maximum Gasteiger partial charge on any atom is 0.335 e. The molecule has 1 N–H and O–H groups in total. The Kier molecular flexibility index (Phi) is 2.78. The van der Waals surface area contributed by atoms with Gasteiger partial charge in [0.1, 0.15) is 0 Å². The second-order valence-electron chi connectivity index (χ2n) is 3.71. The van der Waals surface area contributed by atoms with Crippen molar-refractivity contribution < 1.29 is 9.90 Å². The number of aromatic nitrogens is 3. The number of pyridine rings is 1. The van der Waals surface area contributed by atoms with Gasteiger partial charge in [-0.2, -0.15) is 5.10 Å². The maximum absolute atomic E-state index is 11.6. The van der Waals surface area contributed by atoms with E-state index in [1.807, 2.05) is 0 Å². The molecule has 0 bridgehead atoms. The van der Waals surface area contributed by atoms with Gasteiger partial charge in [0.05, 0.1) is 18.3 Å². The van der Waals surface area contributed by atoms with Crippen LogP contribution in [0, 0.1) is 0 Å². The summed E-state index contributed by atoms with van der Waals surface area (Å²) in [7, 11) is 1.79. The van der Waals surface area contributed by atoms with Gasteiger partial charge in [-0.15, -0.1) is 0 Å². The van der Waals surface area contributed by atoms with E-state index >= 15 is 0 Å². The fourth-order valence-corrected chi connectivity index (χ4v) is 1.52. The maximum atomic E-state index is 11.6. The summed E-state index contributed by atoms with van der Waals surface area (Å²) in [6.45, 7) is 0.382. The minimum absolute atomic E-state index is 0.00237. The third-order valence-electron chi connectivity index (χ3n) is 2.35. The van der Waals surface area contributed by atoms with E-state index in [0.29, 0.717) is 6.54 Å². The van der Waals surface area contributed by atoms with Gasteiger partial charge in [0.15, 0.2) is 0 Å². The lowest BCUT2D eigenvalue weighted by atomic mass is 10.2. The van der Waals surface area contributed by atoms with Gasteiger partial charge in [0.25, 0.3) is 5.56 Å². The van der Waals surface area contributed by atoms with Crippen molar-refractivity contribution in [3.63, 3.8) is 0 Å². The highest BCUT2D eigenvalue weighted by molar-refractivity contribution is 5.87. The average Bonchev–Trinajstić information content (AvgIpc) is 2.67. The van der Waals surface area contributed by atoms with Gasteiger partial charge in [-0.3, -0.25) is 9.48 Å². The Morgan fingerprint density at radius 3 is 2.82 bits per heavy atom. The molecule has 6 nitrogen and oxygen atoms in total. The molecule has 0 aromatic carbocycles. The molecule has 0 aliphatic rings. The van der Waals surface area contributed by atoms with E-state index in [9.17, 15) is 9.59 Å². The minimum Gasteiger partial charge on any atom is -0.478 e. The first-order valence-electron chi connectivity index (χ1n) is 4.97. The zero-order valence-electron chi connectivity index (χ0n) is 9.20. The predicted octanol–water partition coefficient (Wildman–Crippen LogP) is 0.328. The summed E-state index contributed by atoms with van der Waals surface area (Å²) in [5, 5.41) is 12.7. The molecule has 2 rings (SSSR count). The van der Waals surface area contributed by atoms with Crippen LogP contribution in [0.5, 0.6) is 0 Å². The van der Waals surface area contributed by atoms with Crippen molar-refractivity contribution in [2.24, 2.45) is 7.05 Å². The van der Waals surface area contributed by atoms with Crippen molar-refractivity contribution in [2.45, 2.75) is 6.54 Å². The van der Waals surface area contributed by atoms with Gasteiger partial charge in [-0.1, -0.05) is 0 Å². The van der Waals surface area contributed by atoms with Crippen LogP contribution in [0.25, 0.3) is 0 Å². The van der Waals surface area contributed by atoms with Crippen LogP contribution in [0.4, 0.5) is 0 Å². The highest BCUT2D eigenvalue weighted by Crippen LogP contribution is 2.00. The second-order valence-corrected chi connectivity index (χ2v) is 3.71. The number of aromatic carboxylic acids is 1. The van der Waals surface area contributed by atoms with Crippen molar-refractivity contribution in [1.82, 2.24) is 14.3 Å². The van der Waals surface area contributed by atoms with E-state index in [1.165, 1.54) is 16.8 Å². The van der Waals surface area contributed by atoms with E-state index in [2.05, 4.69) is 5.10 Å². The summed E-state index contributed by atoms with van der Waals surface area (Å²) in [5.74, 6) is -1.10. The van der Waals surface area contributed by atoms with E-state index in [1.54, 1.807) is 24.1 Å². The average molecular weight is 233 g/mol. The lowest BCUT2D eigenvalue weighted by molar-refractivity contribution is 0.0696. The molecule has 0 radical (unpaired) electrons. The van der Waals surface area contributed by atoms with Crippen molar-refractivity contribution in [2.75, 3.05) is 0 Å². The molecule has 0 aliphatic heterocycles. The van der Waals surface area contributed by atoms with Crippen molar-refractivity contribution >= 4 is 5.97 Å². The topological polar surface area (TPSA) is 77.1 Å². The fourth-order valence-electron chi connectivity index (χ4n) is 1.52. The molecule has 0 spiro atoms. The van der Waals surface area contributed by atoms with Gasteiger partial charge < -0.3 is 9.67 Å². The first-order valence-corrected chi connectivity index (χ1v) is 4.97. The first kappa shape index (κ1) is 11.1. The molecule has 88 valence electrons. The predicted molar refractivity (Wildman–Crippen MR) is 60.0 cm³/mol. The fraction of sp³-hybridized carbons (Fsp3) is 0.182. The molecular formula is C11H11N3O3. The van der Waals surface area contributed by atoms with Crippen LogP contribution >= 0.6 is 0 Å². The molecule has 6 heteroatoms. The number of nitrogens with zero attached hydrogens (tertiary/aromatic N) is 3. The lowest BCUT2D eigenvalue weighted by Crippen LogP contribution is -2.20. The quantitative estimate of drug-likeness (QED) is 0.828. The van der Waals surface area contributed by atoms with Crippen LogP contribution in [0.2, 0.25) is 0 Å². The molecule has 0 amide bonds. The van der Waals surface area contributed by atoms with Crippen LogP contribution in [-0.2, 0) is 13.6 Å². The monoisotopic (exact) mass is 233 g/mol. The van der Waals surface area contributed by atoms with Gasteiger partial charge in [0, 0.05) is 31.1 Å². The third-order valence-corrected chi connectivity index (χ3v) is 2.35. The summed E-state index contributed by atoms with van der Waals surface area (Å²) in [5.41, 5.74) is 0.545. The van der Waals surface area contributed by atoms with Crippen molar-refractivity contribution in [3.8, 4) is 0 Å². The van der Waals surface area contributed by atoms with Crippen molar-refractivity contribution in [3.05, 3.63) is 52.2 Å². The Balaban J connectivity index is 2.28. The third kappa shape index (κ3) is 2.41. The standard InChI is InChI=1S/C11H11N3O3/c1-13-6-8(5-12-13)7-14-3-2-9(11(16)17)4-10(14)15/h2-6H,7H2,1H3,(H,16,17). The molecule has 17 heavy (non-hydrogen) atoms. The Bertz CT molecular complexity index is 612. The Hall–Kier alpha value is -2.37. The van der Waals surface area contributed by atoms with Crippen LogP contribution in [0.15, 0.2) is 35.5 Å².